The summed E-state index contributed by atoms with van der Waals surface area (Å²) in [5.74, 6) is -2.24. The first-order valence-electron chi connectivity index (χ1n) is 9.55. The van der Waals surface area contributed by atoms with Gasteiger partial charge in [0.2, 0.25) is 10.0 Å². The number of sulfonamides is 1. The van der Waals surface area contributed by atoms with Gasteiger partial charge in [-0.15, -0.1) is 0 Å². The van der Waals surface area contributed by atoms with Gasteiger partial charge in [0.15, 0.2) is 6.10 Å². The molecule has 31 heavy (non-hydrogen) atoms. The van der Waals surface area contributed by atoms with Gasteiger partial charge >= 0.3 is 5.97 Å². The summed E-state index contributed by atoms with van der Waals surface area (Å²) in [6.45, 7) is 1.58. The van der Waals surface area contributed by atoms with E-state index in [1.807, 2.05) is 0 Å². The minimum Gasteiger partial charge on any atom is -0.452 e. The summed E-state index contributed by atoms with van der Waals surface area (Å²) in [6.07, 6.45) is 1.15. The Morgan fingerprint density at radius 3 is 2.61 bits per heavy atom. The molecule has 1 fully saturated rings. The number of halogens is 2. The molecule has 11 heteroatoms. The summed E-state index contributed by atoms with van der Waals surface area (Å²) in [5.41, 5.74) is 0. The number of esters is 1. The van der Waals surface area contributed by atoms with Crippen LogP contribution in [0.4, 0.5) is 10.2 Å². The van der Waals surface area contributed by atoms with Crippen LogP contribution in [-0.2, 0) is 24.3 Å². The van der Waals surface area contributed by atoms with Crippen molar-refractivity contribution < 1.29 is 27.1 Å². The Bertz CT molecular complexity index is 1050. The third-order valence-corrected chi connectivity index (χ3v) is 6.91. The zero-order valence-corrected chi connectivity index (χ0v) is 18.2. The standard InChI is InChI=1S/C20H21ClFN3O5S/c1-13(19(26)24-18-9-4-15(21)11-23-18)30-20(27)14-3-2-10-25(12-14)31(28,29)17-7-5-16(22)6-8-17/h4-9,11,13-14H,2-3,10,12H2,1H3,(H,23,24,26)/t13-,14-/m1/s1. The highest BCUT2D eigenvalue weighted by atomic mass is 35.5. The van der Waals surface area contributed by atoms with Gasteiger partial charge in [-0.05, 0) is 56.2 Å². The van der Waals surface area contributed by atoms with Crippen LogP contribution in [0.15, 0.2) is 47.5 Å². The monoisotopic (exact) mass is 469 g/mol. The molecule has 2 aromatic rings. The number of rotatable bonds is 6. The Labute approximate surface area is 184 Å². The minimum atomic E-state index is -3.87. The molecule has 8 nitrogen and oxygen atoms in total. The fourth-order valence-electron chi connectivity index (χ4n) is 3.11. The lowest BCUT2D eigenvalue weighted by atomic mass is 10.00. The second-order valence-electron chi connectivity index (χ2n) is 7.09. The van der Waals surface area contributed by atoms with Crippen molar-refractivity contribution in [2.75, 3.05) is 18.4 Å². The van der Waals surface area contributed by atoms with E-state index in [0.29, 0.717) is 17.9 Å². The maximum Gasteiger partial charge on any atom is 0.311 e. The van der Waals surface area contributed by atoms with Gasteiger partial charge in [-0.2, -0.15) is 4.31 Å². The Hall–Kier alpha value is -2.56. The number of carbonyl (C=O) groups excluding carboxylic acids is 2. The molecule has 0 spiro atoms. The molecule has 1 amide bonds. The molecular weight excluding hydrogens is 449 g/mol. The summed E-state index contributed by atoms with van der Waals surface area (Å²) in [6, 6.07) is 7.57. The van der Waals surface area contributed by atoms with Crippen molar-refractivity contribution in [3.8, 4) is 0 Å². The lowest BCUT2D eigenvalue weighted by Gasteiger charge is -2.31. The first kappa shape index (κ1) is 23.1. The summed E-state index contributed by atoms with van der Waals surface area (Å²) < 4.78 is 45.1. The lowest BCUT2D eigenvalue weighted by Crippen LogP contribution is -2.44. The predicted octanol–water partition coefficient (Wildman–Crippen LogP) is 2.85. The SMILES string of the molecule is C[C@@H](OC(=O)[C@@H]1CCCN(S(=O)(=O)c2ccc(F)cc2)C1)C(=O)Nc1ccc(Cl)cn1. The number of aromatic nitrogens is 1. The van der Waals surface area contributed by atoms with Gasteiger partial charge in [0.1, 0.15) is 11.6 Å². The molecule has 1 aromatic heterocycles. The molecule has 0 unspecified atom stereocenters. The summed E-state index contributed by atoms with van der Waals surface area (Å²) in [5, 5.41) is 2.93. The van der Waals surface area contributed by atoms with Crippen LogP contribution in [0.1, 0.15) is 19.8 Å². The zero-order valence-electron chi connectivity index (χ0n) is 16.6. The van der Waals surface area contributed by atoms with Crippen molar-refractivity contribution >= 4 is 39.3 Å². The van der Waals surface area contributed by atoms with Gasteiger partial charge in [-0.25, -0.2) is 17.8 Å². The fourth-order valence-corrected chi connectivity index (χ4v) is 4.75. The maximum atomic E-state index is 13.1. The molecule has 0 radical (unpaired) electrons. The quantitative estimate of drug-likeness (QED) is 0.652. The zero-order chi connectivity index (χ0) is 22.6. The number of nitrogens with zero attached hydrogens (tertiary/aromatic N) is 2. The number of nitrogens with one attached hydrogen (secondary N) is 1. The van der Waals surface area contributed by atoms with E-state index in [1.54, 1.807) is 6.07 Å². The Morgan fingerprint density at radius 1 is 1.26 bits per heavy atom. The van der Waals surface area contributed by atoms with Crippen LogP contribution in [0.25, 0.3) is 0 Å². The molecule has 0 aliphatic carbocycles. The Morgan fingerprint density at radius 2 is 1.97 bits per heavy atom. The van der Waals surface area contributed by atoms with Gasteiger partial charge in [0, 0.05) is 19.3 Å². The van der Waals surface area contributed by atoms with Crippen LogP contribution in [0.3, 0.4) is 0 Å². The first-order valence-corrected chi connectivity index (χ1v) is 11.4. The van der Waals surface area contributed by atoms with E-state index in [-0.39, 0.29) is 23.8 Å². The van der Waals surface area contributed by atoms with Crippen molar-refractivity contribution in [3.05, 3.63) is 53.4 Å². The number of piperidine rings is 1. The number of hydrogen-bond acceptors (Lipinski definition) is 6. The van der Waals surface area contributed by atoms with Crippen LogP contribution in [0, 0.1) is 11.7 Å². The van der Waals surface area contributed by atoms with E-state index in [2.05, 4.69) is 10.3 Å². The second kappa shape index (κ2) is 9.71. The van der Waals surface area contributed by atoms with E-state index in [1.165, 1.54) is 35.6 Å². The third kappa shape index (κ3) is 5.78. The number of carbonyl (C=O) groups is 2. The van der Waals surface area contributed by atoms with E-state index in [4.69, 9.17) is 16.3 Å². The molecule has 1 aliphatic heterocycles. The molecule has 1 aromatic carbocycles. The van der Waals surface area contributed by atoms with Crippen molar-refractivity contribution in [1.82, 2.24) is 9.29 Å². The van der Waals surface area contributed by atoms with E-state index in [0.717, 1.165) is 12.1 Å². The van der Waals surface area contributed by atoms with Crippen LogP contribution in [0.2, 0.25) is 5.02 Å². The molecule has 166 valence electrons. The average molecular weight is 470 g/mol. The average Bonchev–Trinajstić information content (AvgIpc) is 2.75. The van der Waals surface area contributed by atoms with Crippen molar-refractivity contribution in [2.24, 2.45) is 5.92 Å². The molecule has 3 rings (SSSR count). The van der Waals surface area contributed by atoms with Gasteiger partial charge in [0.25, 0.3) is 5.91 Å². The van der Waals surface area contributed by atoms with E-state index < -0.39 is 39.7 Å². The lowest BCUT2D eigenvalue weighted by molar-refractivity contribution is -0.158. The number of ether oxygens (including phenoxy) is 1. The highest BCUT2D eigenvalue weighted by Gasteiger charge is 2.35. The topological polar surface area (TPSA) is 106 Å². The molecule has 2 atom stereocenters. The number of anilines is 1. The highest BCUT2D eigenvalue weighted by Crippen LogP contribution is 2.25. The molecule has 1 aliphatic rings. The van der Waals surface area contributed by atoms with E-state index >= 15 is 0 Å². The Kier molecular flexibility index (Phi) is 7.24. The molecule has 1 N–H and O–H groups in total. The summed E-state index contributed by atoms with van der Waals surface area (Å²) >= 11 is 5.75. The third-order valence-electron chi connectivity index (χ3n) is 4.81. The molecule has 0 saturated carbocycles. The molecule has 0 bridgehead atoms. The normalized spacial score (nSPS) is 18.2. The largest absolute Gasteiger partial charge is 0.452 e. The van der Waals surface area contributed by atoms with Gasteiger partial charge in [0.05, 0.1) is 15.8 Å². The number of pyridine rings is 1. The smallest absolute Gasteiger partial charge is 0.311 e. The summed E-state index contributed by atoms with van der Waals surface area (Å²) in [4.78, 5) is 28.7. The first-order chi connectivity index (χ1) is 14.7. The number of hydrogen-bond donors (Lipinski definition) is 1. The van der Waals surface area contributed by atoms with Crippen LogP contribution >= 0.6 is 11.6 Å². The van der Waals surface area contributed by atoms with Crippen molar-refractivity contribution in [2.45, 2.75) is 30.8 Å². The van der Waals surface area contributed by atoms with Gasteiger partial charge in [-0.3, -0.25) is 9.59 Å². The van der Waals surface area contributed by atoms with Gasteiger partial charge in [-0.1, -0.05) is 11.6 Å². The predicted molar refractivity (Wildman–Crippen MR) is 111 cm³/mol. The fraction of sp³-hybridized carbons (Fsp3) is 0.350. The highest BCUT2D eigenvalue weighted by molar-refractivity contribution is 7.89. The van der Waals surface area contributed by atoms with Crippen LogP contribution < -0.4 is 5.32 Å². The second-order valence-corrected chi connectivity index (χ2v) is 9.46. The Balaban J connectivity index is 1.60. The number of amides is 1. The minimum absolute atomic E-state index is 0.0499. The maximum absolute atomic E-state index is 13.1. The van der Waals surface area contributed by atoms with Gasteiger partial charge < -0.3 is 10.1 Å². The molecule has 2 heterocycles. The molecule has 1 saturated heterocycles. The summed E-state index contributed by atoms with van der Waals surface area (Å²) in [7, 11) is -3.87. The van der Waals surface area contributed by atoms with E-state index in [9.17, 15) is 22.4 Å². The number of benzene rings is 1. The van der Waals surface area contributed by atoms with Crippen LogP contribution in [-0.4, -0.2) is 48.8 Å². The van der Waals surface area contributed by atoms with Crippen molar-refractivity contribution in [3.63, 3.8) is 0 Å². The van der Waals surface area contributed by atoms with Crippen molar-refractivity contribution in [1.29, 1.82) is 0 Å². The van der Waals surface area contributed by atoms with Crippen LogP contribution in [0.5, 0.6) is 0 Å². The molecular formula is C20H21ClFN3O5S.